The average Bonchev–Trinajstić information content (AvgIpc) is 3.09. The van der Waals surface area contributed by atoms with Crippen LogP contribution < -0.4 is 10.2 Å². The topological polar surface area (TPSA) is 123 Å². The van der Waals surface area contributed by atoms with E-state index in [-0.39, 0.29) is 22.5 Å². The zero-order valence-electron chi connectivity index (χ0n) is 15.3. The monoisotopic (exact) mass is 359 g/mol. The van der Waals surface area contributed by atoms with Crippen LogP contribution in [0.15, 0.2) is 29.4 Å². The molecule has 0 aliphatic heterocycles. The molecule has 0 fully saturated rings. The van der Waals surface area contributed by atoms with Crippen LogP contribution in [-0.4, -0.2) is 33.8 Å². The fraction of sp³-hybridized carbons (Fsp3) is 0.353. The summed E-state index contributed by atoms with van der Waals surface area (Å²) in [4.78, 5) is 22.7. The molecule has 9 heteroatoms. The predicted octanol–water partition coefficient (Wildman–Crippen LogP) is 2.78. The van der Waals surface area contributed by atoms with Crippen molar-refractivity contribution in [2.45, 2.75) is 33.1 Å². The fourth-order valence-corrected chi connectivity index (χ4v) is 2.14. The molecule has 2 rings (SSSR count). The van der Waals surface area contributed by atoms with E-state index in [4.69, 9.17) is 4.74 Å². The Balaban J connectivity index is 2.17. The molecule has 0 radical (unpaired) electrons. The number of amides is 1. The zero-order chi connectivity index (χ0) is 19.5. The lowest BCUT2D eigenvalue weighted by atomic mass is 9.92. The van der Waals surface area contributed by atoms with Crippen molar-refractivity contribution < 1.29 is 14.5 Å². The summed E-state index contributed by atoms with van der Waals surface area (Å²) in [5, 5.41) is 21.9. The predicted molar refractivity (Wildman–Crippen MR) is 96.6 cm³/mol. The number of nitrogens with one attached hydrogen (secondary N) is 2. The molecule has 0 atom stereocenters. The largest absolute Gasteiger partial charge is 0.490 e. The number of hydrogen-bond donors (Lipinski definition) is 2. The van der Waals surface area contributed by atoms with Crippen molar-refractivity contribution >= 4 is 17.3 Å². The smallest absolute Gasteiger partial charge is 0.311 e. The van der Waals surface area contributed by atoms with Crippen LogP contribution in [-0.2, 0) is 5.41 Å². The van der Waals surface area contributed by atoms with Gasteiger partial charge >= 0.3 is 5.69 Å². The van der Waals surface area contributed by atoms with Crippen molar-refractivity contribution in [2.75, 3.05) is 7.11 Å². The number of H-pyrrole nitrogens is 1. The van der Waals surface area contributed by atoms with Gasteiger partial charge in [0.2, 0.25) is 0 Å². The van der Waals surface area contributed by atoms with E-state index in [0.29, 0.717) is 11.3 Å². The molecular weight excluding hydrogens is 338 g/mol. The lowest BCUT2D eigenvalue weighted by Crippen LogP contribution is -2.20. The second-order valence-corrected chi connectivity index (χ2v) is 6.70. The number of carbonyl (C=O) groups is 1. The third-order valence-electron chi connectivity index (χ3n) is 3.74. The normalized spacial score (nSPS) is 12.0. The number of hydrogen-bond acceptors (Lipinski definition) is 6. The molecule has 26 heavy (non-hydrogen) atoms. The van der Waals surface area contributed by atoms with Crippen molar-refractivity contribution in [3.63, 3.8) is 0 Å². The summed E-state index contributed by atoms with van der Waals surface area (Å²) in [6.07, 6.45) is 0. The first-order valence-corrected chi connectivity index (χ1v) is 7.87. The number of aromatic amines is 1. The molecule has 1 aromatic carbocycles. The van der Waals surface area contributed by atoms with E-state index < -0.39 is 10.8 Å². The molecule has 138 valence electrons. The van der Waals surface area contributed by atoms with Crippen LogP contribution in [0, 0.1) is 10.1 Å². The van der Waals surface area contributed by atoms with Gasteiger partial charge in [-0.05, 0) is 25.1 Å². The minimum absolute atomic E-state index is 0.154. The van der Waals surface area contributed by atoms with Gasteiger partial charge in [-0.25, -0.2) is 5.43 Å². The number of aromatic nitrogens is 2. The van der Waals surface area contributed by atoms with E-state index in [9.17, 15) is 14.9 Å². The second-order valence-electron chi connectivity index (χ2n) is 6.70. The number of nitro benzene ring substituents is 1. The molecule has 0 aliphatic carbocycles. The first-order chi connectivity index (χ1) is 12.1. The maximum Gasteiger partial charge on any atom is 0.311 e. The third kappa shape index (κ3) is 4.24. The lowest BCUT2D eigenvalue weighted by Gasteiger charge is -2.14. The van der Waals surface area contributed by atoms with E-state index in [0.717, 1.165) is 5.69 Å². The van der Waals surface area contributed by atoms with Gasteiger partial charge in [0, 0.05) is 22.7 Å². The van der Waals surface area contributed by atoms with E-state index in [1.54, 1.807) is 19.1 Å². The van der Waals surface area contributed by atoms with Gasteiger partial charge in [-0.1, -0.05) is 20.8 Å². The zero-order valence-corrected chi connectivity index (χ0v) is 15.3. The number of nitrogens with zero attached hydrogens (tertiary/aromatic N) is 3. The Labute approximate surface area is 150 Å². The molecule has 1 amide bonds. The second kappa shape index (κ2) is 7.34. The van der Waals surface area contributed by atoms with E-state index >= 15 is 0 Å². The standard InChI is InChI=1S/C17H21N5O4/c1-10(11-6-7-14(26-5)13(8-11)22(24)25)18-21-16(23)12-9-15(20-19-12)17(2,3)4/h6-9H,1-5H3,(H,19,20)(H,21,23)/b18-10-. The Morgan fingerprint density at radius 3 is 2.58 bits per heavy atom. The number of benzene rings is 1. The van der Waals surface area contributed by atoms with Crippen LogP contribution in [0.3, 0.4) is 0 Å². The highest BCUT2D eigenvalue weighted by atomic mass is 16.6. The van der Waals surface area contributed by atoms with E-state index in [1.807, 2.05) is 20.8 Å². The number of rotatable bonds is 5. The Bertz CT molecular complexity index is 864. The Morgan fingerprint density at radius 1 is 1.35 bits per heavy atom. The van der Waals surface area contributed by atoms with Crippen LogP contribution in [0.2, 0.25) is 0 Å². The summed E-state index contributed by atoms with van der Waals surface area (Å²) in [5.74, 6) is -0.319. The van der Waals surface area contributed by atoms with Crippen molar-refractivity contribution in [3.8, 4) is 5.75 Å². The molecule has 1 aromatic heterocycles. The van der Waals surface area contributed by atoms with Gasteiger partial charge in [-0.15, -0.1) is 0 Å². The molecule has 9 nitrogen and oxygen atoms in total. The molecule has 0 spiro atoms. The quantitative estimate of drug-likeness (QED) is 0.483. The highest BCUT2D eigenvalue weighted by molar-refractivity contribution is 6.01. The number of methoxy groups -OCH3 is 1. The van der Waals surface area contributed by atoms with Crippen LogP contribution in [0.1, 0.15) is 49.4 Å². The summed E-state index contributed by atoms with van der Waals surface area (Å²) < 4.78 is 4.96. The minimum Gasteiger partial charge on any atom is -0.490 e. The Hall–Kier alpha value is -3.23. The SMILES string of the molecule is COc1ccc(/C(C)=N\NC(=O)c2cc(C(C)(C)C)[nH]n2)cc1[N+](=O)[O-]. The summed E-state index contributed by atoms with van der Waals surface area (Å²) in [6, 6.07) is 6.12. The van der Waals surface area contributed by atoms with Gasteiger partial charge in [0.25, 0.3) is 5.91 Å². The highest BCUT2D eigenvalue weighted by Gasteiger charge is 2.19. The summed E-state index contributed by atoms with van der Waals surface area (Å²) in [6.45, 7) is 7.64. The molecule has 0 aliphatic rings. The number of carbonyl (C=O) groups excluding carboxylic acids is 1. The number of ether oxygens (including phenoxy) is 1. The van der Waals surface area contributed by atoms with Crippen LogP contribution in [0.5, 0.6) is 5.75 Å². The summed E-state index contributed by atoms with van der Waals surface area (Å²) >= 11 is 0. The number of hydrazone groups is 1. The maximum absolute atomic E-state index is 12.2. The molecular formula is C17H21N5O4. The summed E-state index contributed by atoms with van der Waals surface area (Å²) in [5.41, 5.74) is 4.02. The average molecular weight is 359 g/mol. The lowest BCUT2D eigenvalue weighted by molar-refractivity contribution is -0.385. The maximum atomic E-state index is 12.2. The molecule has 0 unspecified atom stereocenters. The van der Waals surface area contributed by atoms with Gasteiger partial charge < -0.3 is 4.74 Å². The van der Waals surface area contributed by atoms with Crippen LogP contribution in [0.25, 0.3) is 0 Å². The fourth-order valence-electron chi connectivity index (χ4n) is 2.14. The molecule has 1 heterocycles. The van der Waals surface area contributed by atoms with Gasteiger partial charge in [0.05, 0.1) is 17.7 Å². The van der Waals surface area contributed by atoms with Crippen molar-refractivity contribution in [3.05, 3.63) is 51.3 Å². The van der Waals surface area contributed by atoms with Crippen LogP contribution in [0.4, 0.5) is 5.69 Å². The van der Waals surface area contributed by atoms with Crippen molar-refractivity contribution in [1.29, 1.82) is 0 Å². The molecule has 2 aromatic rings. The highest BCUT2D eigenvalue weighted by Crippen LogP contribution is 2.27. The van der Waals surface area contributed by atoms with Gasteiger partial charge in [-0.2, -0.15) is 10.2 Å². The molecule has 0 saturated carbocycles. The summed E-state index contributed by atoms with van der Waals surface area (Å²) in [7, 11) is 1.36. The van der Waals surface area contributed by atoms with E-state index in [1.165, 1.54) is 19.2 Å². The van der Waals surface area contributed by atoms with Gasteiger partial charge in [0.1, 0.15) is 0 Å². The van der Waals surface area contributed by atoms with E-state index in [2.05, 4.69) is 20.7 Å². The van der Waals surface area contributed by atoms with Gasteiger partial charge in [-0.3, -0.25) is 20.0 Å². The minimum atomic E-state index is -0.536. The third-order valence-corrected chi connectivity index (χ3v) is 3.74. The Kier molecular flexibility index (Phi) is 5.39. The van der Waals surface area contributed by atoms with Crippen molar-refractivity contribution in [2.24, 2.45) is 5.10 Å². The van der Waals surface area contributed by atoms with Crippen molar-refractivity contribution in [1.82, 2.24) is 15.6 Å². The molecule has 0 saturated heterocycles. The van der Waals surface area contributed by atoms with Crippen LogP contribution >= 0.6 is 0 Å². The van der Waals surface area contributed by atoms with Gasteiger partial charge in [0.15, 0.2) is 11.4 Å². The number of nitro groups is 1. The molecule has 2 N–H and O–H groups in total. The first kappa shape index (κ1) is 19.1. The molecule has 0 bridgehead atoms. The first-order valence-electron chi connectivity index (χ1n) is 7.87. The Morgan fingerprint density at radius 2 is 2.04 bits per heavy atom.